The first-order valence-electron chi connectivity index (χ1n) is 13.0. The lowest BCUT2D eigenvalue weighted by Gasteiger charge is -2.42. The lowest BCUT2D eigenvalue weighted by atomic mass is 9.98. The Morgan fingerprint density at radius 1 is 0.649 bits per heavy atom. The van der Waals surface area contributed by atoms with Crippen molar-refractivity contribution in [3.8, 4) is 0 Å². The predicted octanol–water partition coefficient (Wildman–Crippen LogP) is 1.07. The Labute approximate surface area is 219 Å². The molecule has 0 aromatic rings. The molecule has 0 spiro atoms. The third-order valence-electron chi connectivity index (χ3n) is 6.72. The fourth-order valence-corrected chi connectivity index (χ4v) is 4.16. The molecule has 37 heavy (non-hydrogen) atoms. The van der Waals surface area contributed by atoms with E-state index in [1.54, 1.807) is 0 Å². The maximum absolute atomic E-state index is 10.3. The molecular formula is C27H46O10. The van der Waals surface area contributed by atoms with Crippen molar-refractivity contribution in [1.82, 2.24) is 0 Å². The summed E-state index contributed by atoms with van der Waals surface area (Å²) in [5, 5.41) is 60.7. The second kappa shape index (κ2) is 15.4. The van der Waals surface area contributed by atoms with E-state index in [4.69, 9.17) is 18.9 Å². The molecule has 0 amide bonds. The summed E-state index contributed by atoms with van der Waals surface area (Å²) in [4.78, 5) is 0. The molecule has 0 bridgehead atoms. The first kappa shape index (κ1) is 32.0. The Balaban J connectivity index is 1.82. The zero-order valence-electron chi connectivity index (χ0n) is 22.6. The molecule has 2 heterocycles. The largest absolute Gasteiger partial charge is 0.388 e. The Morgan fingerprint density at radius 2 is 1.19 bits per heavy atom. The topological polar surface area (TPSA) is 158 Å². The van der Waals surface area contributed by atoms with Crippen molar-refractivity contribution in [2.45, 2.75) is 122 Å². The van der Waals surface area contributed by atoms with Gasteiger partial charge in [0, 0.05) is 0 Å². The number of aliphatic hydroxyl groups is 6. The van der Waals surface area contributed by atoms with Gasteiger partial charge in [0.15, 0.2) is 12.6 Å². The number of hydrogen-bond acceptors (Lipinski definition) is 10. The van der Waals surface area contributed by atoms with Gasteiger partial charge in [0.1, 0.15) is 42.7 Å². The molecule has 0 aromatic carbocycles. The van der Waals surface area contributed by atoms with Crippen LogP contribution in [0.2, 0.25) is 0 Å². The number of rotatable bonds is 12. The van der Waals surface area contributed by atoms with E-state index < -0.39 is 61.4 Å². The van der Waals surface area contributed by atoms with Crippen molar-refractivity contribution in [1.29, 1.82) is 0 Å². The van der Waals surface area contributed by atoms with E-state index in [0.29, 0.717) is 0 Å². The molecule has 2 aliphatic rings. The van der Waals surface area contributed by atoms with Crippen LogP contribution in [0.4, 0.5) is 0 Å². The first-order chi connectivity index (χ1) is 17.4. The zero-order chi connectivity index (χ0) is 27.7. The molecule has 2 fully saturated rings. The van der Waals surface area contributed by atoms with Gasteiger partial charge in [0.2, 0.25) is 0 Å². The minimum Gasteiger partial charge on any atom is -0.388 e. The Bertz CT molecular complexity index is 777. The number of ether oxygens (including phenoxy) is 4. The molecule has 6 N–H and O–H groups in total. The molecule has 10 heteroatoms. The fraction of sp³-hybridized carbons (Fsp3) is 0.778. The van der Waals surface area contributed by atoms with E-state index in [9.17, 15) is 30.6 Å². The highest BCUT2D eigenvalue weighted by Gasteiger charge is 2.46. The minimum absolute atomic E-state index is 0.138. The summed E-state index contributed by atoms with van der Waals surface area (Å²) in [6.07, 6.45) is -2.91. The molecule has 10 nitrogen and oxygen atoms in total. The monoisotopic (exact) mass is 530 g/mol. The van der Waals surface area contributed by atoms with Crippen LogP contribution in [0.3, 0.4) is 0 Å². The summed E-state index contributed by atoms with van der Waals surface area (Å²) in [6.45, 7) is 9.65. The number of hydrogen-bond donors (Lipinski definition) is 6. The lowest BCUT2D eigenvalue weighted by molar-refractivity contribution is -0.326. The van der Waals surface area contributed by atoms with Crippen LogP contribution < -0.4 is 0 Å². The van der Waals surface area contributed by atoms with Crippen molar-refractivity contribution in [2.75, 3.05) is 13.2 Å². The molecule has 0 unspecified atom stereocenters. The predicted molar refractivity (Wildman–Crippen MR) is 136 cm³/mol. The maximum Gasteiger partial charge on any atom is 0.187 e. The molecule has 0 radical (unpaired) electrons. The van der Waals surface area contributed by atoms with E-state index in [-0.39, 0.29) is 13.2 Å². The summed E-state index contributed by atoms with van der Waals surface area (Å²) in [6, 6.07) is 0. The SMILES string of the molecule is CC(C)=CCC/C(C)=C/CC/C(C)=C\CO[C@@H]1O[C@H](CO[C@@H]2O[C@@H](C)[C@H](O)[C@@H](O)[C@H]2O)[C@H](O)[C@H](O)[C@H]1O. The first-order valence-corrected chi connectivity index (χ1v) is 13.0. The second-order valence-electron chi connectivity index (χ2n) is 10.3. The summed E-state index contributed by atoms with van der Waals surface area (Å²) < 4.78 is 22.1. The summed E-state index contributed by atoms with van der Waals surface area (Å²) >= 11 is 0. The van der Waals surface area contributed by atoms with Crippen molar-refractivity contribution >= 4 is 0 Å². The average molecular weight is 531 g/mol. The van der Waals surface area contributed by atoms with Gasteiger partial charge >= 0.3 is 0 Å². The van der Waals surface area contributed by atoms with Crippen molar-refractivity contribution in [2.24, 2.45) is 0 Å². The summed E-state index contributed by atoms with van der Waals surface area (Å²) in [5.41, 5.74) is 3.79. The van der Waals surface area contributed by atoms with Crippen LogP contribution in [0, 0.1) is 0 Å². The lowest BCUT2D eigenvalue weighted by Crippen LogP contribution is -2.61. The summed E-state index contributed by atoms with van der Waals surface area (Å²) in [5.74, 6) is 0. The molecular weight excluding hydrogens is 484 g/mol. The molecule has 10 atom stereocenters. The van der Waals surface area contributed by atoms with E-state index in [2.05, 4.69) is 32.9 Å². The summed E-state index contributed by atoms with van der Waals surface area (Å²) in [7, 11) is 0. The van der Waals surface area contributed by atoms with E-state index >= 15 is 0 Å². The highest BCUT2D eigenvalue weighted by molar-refractivity contribution is 5.05. The van der Waals surface area contributed by atoms with Gasteiger partial charge in [-0.3, -0.25) is 0 Å². The van der Waals surface area contributed by atoms with Gasteiger partial charge < -0.3 is 49.6 Å². The van der Waals surface area contributed by atoms with Gasteiger partial charge in [-0.25, -0.2) is 0 Å². The van der Waals surface area contributed by atoms with Crippen LogP contribution in [0.5, 0.6) is 0 Å². The molecule has 2 rings (SSSR count). The minimum atomic E-state index is -1.54. The van der Waals surface area contributed by atoms with E-state index in [1.807, 2.05) is 13.0 Å². The van der Waals surface area contributed by atoms with Crippen LogP contribution in [0.25, 0.3) is 0 Å². The van der Waals surface area contributed by atoms with Crippen LogP contribution in [-0.4, -0.2) is 105 Å². The fourth-order valence-electron chi connectivity index (χ4n) is 4.16. The number of aliphatic hydroxyl groups excluding tert-OH is 6. The Morgan fingerprint density at radius 3 is 1.81 bits per heavy atom. The second-order valence-corrected chi connectivity index (χ2v) is 10.3. The van der Waals surface area contributed by atoms with Crippen LogP contribution in [0.1, 0.15) is 60.3 Å². The smallest absolute Gasteiger partial charge is 0.187 e. The van der Waals surface area contributed by atoms with Gasteiger partial charge in [-0.1, -0.05) is 34.9 Å². The van der Waals surface area contributed by atoms with E-state index in [1.165, 1.54) is 18.1 Å². The molecule has 214 valence electrons. The van der Waals surface area contributed by atoms with Crippen LogP contribution >= 0.6 is 0 Å². The quantitative estimate of drug-likeness (QED) is 0.202. The van der Waals surface area contributed by atoms with Gasteiger partial charge in [-0.2, -0.15) is 0 Å². The van der Waals surface area contributed by atoms with Gasteiger partial charge in [0.25, 0.3) is 0 Å². The average Bonchev–Trinajstić information content (AvgIpc) is 2.84. The molecule has 2 saturated heterocycles. The van der Waals surface area contributed by atoms with Crippen molar-refractivity contribution in [3.63, 3.8) is 0 Å². The molecule has 0 aromatic heterocycles. The van der Waals surface area contributed by atoms with Crippen molar-refractivity contribution in [3.05, 3.63) is 34.9 Å². The molecule has 2 aliphatic heterocycles. The third-order valence-corrected chi connectivity index (χ3v) is 6.72. The molecule has 0 saturated carbocycles. The van der Waals surface area contributed by atoms with Crippen molar-refractivity contribution < 1.29 is 49.6 Å². The number of allylic oxidation sites excluding steroid dienone is 5. The van der Waals surface area contributed by atoms with Crippen LogP contribution in [0.15, 0.2) is 34.9 Å². The molecule has 0 aliphatic carbocycles. The zero-order valence-corrected chi connectivity index (χ0v) is 22.6. The van der Waals surface area contributed by atoms with Crippen LogP contribution in [-0.2, 0) is 18.9 Å². The van der Waals surface area contributed by atoms with Gasteiger partial charge in [-0.05, 0) is 60.3 Å². The van der Waals surface area contributed by atoms with E-state index in [0.717, 1.165) is 31.3 Å². The Hall–Kier alpha value is -1.18. The third kappa shape index (κ3) is 9.81. The maximum atomic E-state index is 10.3. The van der Waals surface area contributed by atoms with Gasteiger partial charge in [-0.15, -0.1) is 0 Å². The highest BCUT2D eigenvalue weighted by atomic mass is 16.7. The highest BCUT2D eigenvalue weighted by Crippen LogP contribution is 2.26. The Kier molecular flexibility index (Phi) is 13.4. The van der Waals surface area contributed by atoms with Gasteiger partial charge in [0.05, 0.1) is 19.3 Å². The normalized spacial score (nSPS) is 37.5. The standard InChI is InChI=1S/C27H46O10/c1-15(2)8-6-9-16(3)10-7-11-17(4)12-13-34-26-25(33)23(31)21(29)19(37-26)14-35-27-24(32)22(30)20(28)18(5)36-27/h8,10,12,18-33H,6-7,9,11,13-14H2,1-5H3/b16-10+,17-12-/t18-,19+,20-,21-,22+,23-,24+,25+,26+,27+/m0/s1.